The topological polar surface area (TPSA) is 90.5 Å². The quantitative estimate of drug-likeness (QED) is 0.457. The minimum Gasteiger partial charge on any atom is -0.326 e. The molecule has 3 aromatic carbocycles. The molecule has 3 amide bonds. The fourth-order valence-electron chi connectivity index (χ4n) is 3.32. The van der Waals surface area contributed by atoms with Crippen molar-refractivity contribution in [2.75, 3.05) is 29.0 Å². The van der Waals surface area contributed by atoms with Gasteiger partial charge < -0.3 is 16.0 Å². The number of hydrogen-bond donors (Lipinski definition) is 3. The maximum atomic E-state index is 12.6. The van der Waals surface area contributed by atoms with Crippen LogP contribution in [0.1, 0.15) is 29.8 Å². The first-order valence-corrected chi connectivity index (χ1v) is 10.8. The summed E-state index contributed by atoms with van der Waals surface area (Å²) in [4.78, 5) is 38.2. The van der Waals surface area contributed by atoms with Crippen LogP contribution in [0.25, 0.3) is 0 Å². The van der Waals surface area contributed by atoms with Gasteiger partial charge in [-0.2, -0.15) is 0 Å². The van der Waals surface area contributed by atoms with E-state index in [1.54, 1.807) is 30.3 Å². The van der Waals surface area contributed by atoms with Gasteiger partial charge in [0.05, 0.1) is 6.54 Å². The van der Waals surface area contributed by atoms with Gasteiger partial charge in [0.2, 0.25) is 11.8 Å². The van der Waals surface area contributed by atoms with Crippen molar-refractivity contribution in [3.05, 3.63) is 90.0 Å². The smallest absolute Gasteiger partial charge is 0.255 e. The lowest BCUT2D eigenvalue weighted by molar-refractivity contribution is -0.117. The molecule has 3 aromatic rings. The van der Waals surface area contributed by atoms with Crippen LogP contribution in [0.3, 0.4) is 0 Å². The van der Waals surface area contributed by atoms with E-state index in [9.17, 15) is 14.4 Å². The van der Waals surface area contributed by atoms with Gasteiger partial charge in [-0.1, -0.05) is 37.3 Å². The summed E-state index contributed by atoms with van der Waals surface area (Å²) in [5, 5.41) is 8.45. The van der Waals surface area contributed by atoms with E-state index >= 15 is 0 Å². The van der Waals surface area contributed by atoms with Gasteiger partial charge >= 0.3 is 0 Å². The van der Waals surface area contributed by atoms with Gasteiger partial charge in [0.25, 0.3) is 5.91 Å². The number of nitrogens with one attached hydrogen (secondary N) is 3. The van der Waals surface area contributed by atoms with Crippen LogP contribution < -0.4 is 16.0 Å². The summed E-state index contributed by atoms with van der Waals surface area (Å²) < 4.78 is 0. The van der Waals surface area contributed by atoms with E-state index in [2.05, 4.69) is 16.0 Å². The monoisotopic (exact) mass is 444 g/mol. The molecule has 0 atom stereocenters. The van der Waals surface area contributed by atoms with Crippen molar-refractivity contribution in [3.63, 3.8) is 0 Å². The number of likely N-dealkylation sites (N-methyl/N-ethyl adjacent to an activating group) is 1. The average molecular weight is 445 g/mol. The molecule has 33 heavy (non-hydrogen) atoms. The third kappa shape index (κ3) is 7.59. The van der Waals surface area contributed by atoms with Gasteiger partial charge in [-0.3, -0.25) is 19.3 Å². The van der Waals surface area contributed by atoms with Crippen molar-refractivity contribution in [2.24, 2.45) is 0 Å². The highest BCUT2D eigenvalue weighted by Gasteiger charge is 2.12. The molecule has 0 unspecified atom stereocenters. The molecule has 7 nitrogen and oxygen atoms in total. The highest BCUT2D eigenvalue weighted by atomic mass is 16.2. The molecule has 3 rings (SSSR count). The Hall–Kier alpha value is -3.97. The summed E-state index contributed by atoms with van der Waals surface area (Å²) in [6.07, 6.45) is 0. The number of nitrogens with zero attached hydrogens (tertiary/aromatic N) is 1. The molecule has 0 spiro atoms. The van der Waals surface area contributed by atoms with E-state index < -0.39 is 0 Å². The fraction of sp³-hybridized carbons (Fsp3) is 0.192. The number of benzene rings is 3. The zero-order valence-electron chi connectivity index (χ0n) is 18.8. The number of rotatable bonds is 9. The Morgan fingerprint density at radius 3 is 2.03 bits per heavy atom. The molecule has 0 aliphatic heterocycles. The van der Waals surface area contributed by atoms with Crippen LogP contribution in [-0.2, 0) is 16.1 Å². The van der Waals surface area contributed by atoms with Crippen molar-refractivity contribution in [1.29, 1.82) is 0 Å². The molecule has 0 aliphatic carbocycles. The highest BCUT2D eigenvalue weighted by molar-refractivity contribution is 6.04. The first-order valence-electron chi connectivity index (χ1n) is 10.8. The van der Waals surface area contributed by atoms with Gasteiger partial charge in [0.15, 0.2) is 0 Å². The largest absolute Gasteiger partial charge is 0.326 e. The van der Waals surface area contributed by atoms with E-state index in [1.165, 1.54) is 6.92 Å². The predicted octanol–water partition coefficient (Wildman–Crippen LogP) is 4.36. The summed E-state index contributed by atoms with van der Waals surface area (Å²) in [6, 6.07) is 23.7. The van der Waals surface area contributed by atoms with E-state index in [-0.39, 0.29) is 24.3 Å². The minimum absolute atomic E-state index is 0.137. The average Bonchev–Trinajstić information content (AvgIpc) is 2.80. The molecule has 0 radical (unpaired) electrons. The van der Waals surface area contributed by atoms with Crippen molar-refractivity contribution < 1.29 is 14.4 Å². The van der Waals surface area contributed by atoms with E-state index in [0.717, 1.165) is 11.3 Å². The first kappa shape index (κ1) is 23.7. The Balaban J connectivity index is 1.56. The third-order valence-corrected chi connectivity index (χ3v) is 4.93. The Kier molecular flexibility index (Phi) is 8.32. The normalized spacial score (nSPS) is 10.5. The lowest BCUT2D eigenvalue weighted by Gasteiger charge is -2.20. The molecule has 0 heterocycles. The third-order valence-electron chi connectivity index (χ3n) is 4.93. The predicted molar refractivity (Wildman–Crippen MR) is 131 cm³/mol. The fourth-order valence-corrected chi connectivity index (χ4v) is 3.32. The number of amides is 3. The van der Waals surface area contributed by atoms with Crippen molar-refractivity contribution in [1.82, 2.24) is 4.90 Å². The molecule has 0 saturated carbocycles. The van der Waals surface area contributed by atoms with E-state index in [1.807, 2.05) is 60.4 Å². The first-order chi connectivity index (χ1) is 15.9. The van der Waals surface area contributed by atoms with Gasteiger partial charge in [0.1, 0.15) is 0 Å². The summed E-state index contributed by atoms with van der Waals surface area (Å²) in [7, 11) is 0. The van der Waals surface area contributed by atoms with Crippen LogP contribution in [0.15, 0.2) is 78.9 Å². The zero-order valence-corrected chi connectivity index (χ0v) is 18.8. The van der Waals surface area contributed by atoms with Gasteiger partial charge in [-0.05, 0) is 60.6 Å². The Morgan fingerprint density at radius 1 is 0.758 bits per heavy atom. The van der Waals surface area contributed by atoms with E-state index in [4.69, 9.17) is 0 Å². The number of hydrogen-bond acceptors (Lipinski definition) is 4. The van der Waals surface area contributed by atoms with Gasteiger partial charge in [-0.15, -0.1) is 0 Å². The SMILES string of the molecule is CCN(CC(=O)Nc1ccc(NC(C)=O)cc1)Cc1cccc(C(=O)Nc2ccccc2)c1. The Bertz CT molecular complexity index is 1100. The second kappa shape index (κ2) is 11.6. The molecule has 3 N–H and O–H groups in total. The van der Waals surface area contributed by atoms with E-state index in [0.29, 0.717) is 30.0 Å². The van der Waals surface area contributed by atoms with Crippen LogP contribution in [0.5, 0.6) is 0 Å². The molecule has 0 bridgehead atoms. The van der Waals surface area contributed by atoms with Crippen molar-refractivity contribution in [3.8, 4) is 0 Å². The highest BCUT2D eigenvalue weighted by Crippen LogP contribution is 2.15. The van der Waals surface area contributed by atoms with Crippen molar-refractivity contribution in [2.45, 2.75) is 20.4 Å². The maximum Gasteiger partial charge on any atom is 0.255 e. The van der Waals surface area contributed by atoms with Crippen LogP contribution in [0, 0.1) is 0 Å². The van der Waals surface area contributed by atoms with Crippen LogP contribution in [-0.4, -0.2) is 35.7 Å². The summed E-state index contributed by atoms with van der Waals surface area (Å²) in [5.74, 6) is -0.458. The molecule has 170 valence electrons. The second-order valence-corrected chi connectivity index (χ2v) is 7.63. The molecule has 0 aliphatic rings. The molecule has 0 saturated heterocycles. The van der Waals surface area contributed by atoms with Crippen molar-refractivity contribution >= 4 is 34.8 Å². The molecular formula is C26H28N4O3. The number of carbonyl (C=O) groups is 3. The number of carbonyl (C=O) groups excluding carboxylic acids is 3. The zero-order chi connectivity index (χ0) is 23.6. The summed E-state index contributed by atoms with van der Waals surface area (Å²) in [5.41, 5.74) is 3.59. The summed E-state index contributed by atoms with van der Waals surface area (Å²) >= 11 is 0. The van der Waals surface area contributed by atoms with Crippen LogP contribution in [0.4, 0.5) is 17.1 Å². The van der Waals surface area contributed by atoms with Gasteiger partial charge in [0, 0.05) is 36.1 Å². The lowest BCUT2D eigenvalue weighted by atomic mass is 10.1. The minimum atomic E-state index is -0.174. The molecule has 0 fully saturated rings. The second-order valence-electron chi connectivity index (χ2n) is 7.63. The lowest BCUT2D eigenvalue weighted by Crippen LogP contribution is -2.32. The number of anilines is 3. The van der Waals surface area contributed by atoms with Crippen LogP contribution >= 0.6 is 0 Å². The molecule has 7 heteroatoms. The molecular weight excluding hydrogens is 416 g/mol. The van der Waals surface area contributed by atoms with Gasteiger partial charge in [-0.25, -0.2) is 0 Å². The summed E-state index contributed by atoms with van der Waals surface area (Å²) in [6.45, 7) is 4.86. The number of para-hydroxylation sites is 1. The van der Waals surface area contributed by atoms with Crippen LogP contribution in [0.2, 0.25) is 0 Å². The Morgan fingerprint density at radius 2 is 1.39 bits per heavy atom. The standard InChI is InChI=1S/C26H28N4O3/c1-3-30(18-25(32)28-24-14-12-23(13-15-24)27-19(2)31)17-20-8-7-9-21(16-20)26(33)29-22-10-5-4-6-11-22/h4-16H,3,17-18H2,1-2H3,(H,27,31)(H,28,32)(H,29,33). The molecule has 0 aromatic heterocycles. The Labute approximate surface area is 193 Å². The maximum absolute atomic E-state index is 12.6.